The molecule has 2 aromatic rings. The summed E-state index contributed by atoms with van der Waals surface area (Å²) in [7, 11) is 1.90. The van der Waals surface area contributed by atoms with Gasteiger partial charge in [0, 0.05) is 24.2 Å². The Kier molecular flexibility index (Phi) is 4.39. The lowest BCUT2D eigenvalue weighted by Gasteiger charge is -2.21. The van der Waals surface area contributed by atoms with Crippen LogP contribution in [0.4, 0.5) is 5.69 Å². The molecule has 0 saturated carbocycles. The highest BCUT2D eigenvalue weighted by molar-refractivity contribution is 6.30. The molecule has 0 radical (unpaired) electrons. The van der Waals surface area contributed by atoms with E-state index in [4.69, 9.17) is 11.6 Å². The van der Waals surface area contributed by atoms with Gasteiger partial charge in [-0.25, -0.2) is 0 Å². The van der Waals surface area contributed by atoms with Crippen LogP contribution in [-0.4, -0.2) is 13.3 Å². The van der Waals surface area contributed by atoms with Gasteiger partial charge in [-0.05, 0) is 35.9 Å². The van der Waals surface area contributed by atoms with Crippen molar-refractivity contribution in [3.8, 4) is 6.07 Å². The predicted molar refractivity (Wildman–Crippen MR) is 80.1 cm³/mol. The maximum Gasteiger partial charge on any atom is 0.150 e. The van der Waals surface area contributed by atoms with Gasteiger partial charge in [0.05, 0.1) is 11.3 Å². The Balaban J connectivity index is 2.27. The Morgan fingerprint density at radius 2 is 2.10 bits per heavy atom. The summed E-state index contributed by atoms with van der Waals surface area (Å²) in [6.45, 7) is 0.635. The van der Waals surface area contributed by atoms with Crippen LogP contribution in [0.2, 0.25) is 5.02 Å². The summed E-state index contributed by atoms with van der Waals surface area (Å²) in [5.74, 6) is 0. The lowest BCUT2D eigenvalue weighted by atomic mass is 10.1. The first-order valence-corrected chi connectivity index (χ1v) is 6.46. The third kappa shape index (κ3) is 3.17. The van der Waals surface area contributed by atoms with Crippen LogP contribution in [0, 0.1) is 11.3 Å². The standard InChI is InChI=1S/C16H13ClN2O/c1-19(10-12-3-2-4-15(17)8-12)16-6-5-13(11-20)7-14(16)9-18/h2-8,11H,10H2,1H3. The molecule has 0 amide bonds. The van der Waals surface area contributed by atoms with Crippen molar-refractivity contribution in [2.24, 2.45) is 0 Å². The van der Waals surface area contributed by atoms with Crippen LogP contribution in [-0.2, 0) is 6.54 Å². The number of carbonyl (C=O) groups is 1. The largest absolute Gasteiger partial charge is 0.369 e. The molecule has 4 heteroatoms. The molecular weight excluding hydrogens is 272 g/mol. The van der Waals surface area contributed by atoms with Gasteiger partial charge in [0.25, 0.3) is 0 Å². The molecule has 0 aromatic heterocycles. The van der Waals surface area contributed by atoms with Crippen LogP contribution in [0.25, 0.3) is 0 Å². The second kappa shape index (κ2) is 6.23. The quantitative estimate of drug-likeness (QED) is 0.805. The number of benzene rings is 2. The van der Waals surface area contributed by atoms with E-state index in [1.165, 1.54) is 0 Å². The summed E-state index contributed by atoms with van der Waals surface area (Å²) in [6.07, 6.45) is 0.738. The molecule has 0 bridgehead atoms. The molecule has 0 aliphatic heterocycles. The summed E-state index contributed by atoms with van der Waals surface area (Å²) in [5, 5.41) is 9.87. The maximum atomic E-state index is 10.7. The smallest absolute Gasteiger partial charge is 0.150 e. The first-order valence-electron chi connectivity index (χ1n) is 6.09. The van der Waals surface area contributed by atoms with Crippen molar-refractivity contribution >= 4 is 23.6 Å². The van der Waals surface area contributed by atoms with E-state index in [1.807, 2.05) is 36.2 Å². The highest BCUT2D eigenvalue weighted by Crippen LogP contribution is 2.22. The van der Waals surface area contributed by atoms with Gasteiger partial charge in [-0.3, -0.25) is 4.79 Å². The van der Waals surface area contributed by atoms with Crippen molar-refractivity contribution in [1.82, 2.24) is 0 Å². The van der Waals surface area contributed by atoms with Crippen LogP contribution in [0.3, 0.4) is 0 Å². The number of hydrogen-bond donors (Lipinski definition) is 0. The minimum absolute atomic E-state index is 0.485. The maximum absolute atomic E-state index is 10.7. The molecule has 0 fully saturated rings. The van der Waals surface area contributed by atoms with Gasteiger partial charge in [0.2, 0.25) is 0 Å². The van der Waals surface area contributed by atoms with Crippen molar-refractivity contribution in [2.45, 2.75) is 6.54 Å². The van der Waals surface area contributed by atoms with Gasteiger partial charge in [-0.2, -0.15) is 5.26 Å². The molecule has 2 rings (SSSR count). The van der Waals surface area contributed by atoms with E-state index in [1.54, 1.807) is 18.2 Å². The third-order valence-electron chi connectivity index (χ3n) is 3.00. The number of nitrogens with zero attached hydrogens (tertiary/aromatic N) is 2. The van der Waals surface area contributed by atoms with Gasteiger partial charge < -0.3 is 4.90 Å². The fourth-order valence-electron chi connectivity index (χ4n) is 2.04. The summed E-state index contributed by atoms with van der Waals surface area (Å²) in [5.41, 5.74) is 2.84. The predicted octanol–water partition coefficient (Wildman–Crippen LogP) is 3.66. The Labute approximate surface area is 123 Å². The molecule has 0 aliphatic carbocycles. The van der Waals surface area contributed by atoms with E-state index in [2.05, 4.69) is 6.07 Å². The minimum Gasteiger partial charge on any atom is -0.369 e. The van der Waals surface area contributed by atoms with Gasteiger partial charge in [-0.15, -0.1) is 0 Å². The lowest BCUT2D eigenvalue weighted by Crippen LogP contribution is -2.17. The molecule has 0 atom stereocenters. The highest BCUT2D eigenvalue weighted by Gasteiger charge is 2.09. The zero-order valence-corrected chi connectivity index (χ0v) is 11.8. The zero-order valence-electron chi connectivity index (χ0n) is 11.0. The Hall–Kier alpha value is -2.31. The number of aldehydes is 1. The molecule has 0 spiro atoms. The first kappa shape index (κ1) is 14.1. The van der Waals surface area contributed by atoms with E-state index < -0.39 is 0 Å². The molecule has 0 unspecified atom stereocenters. The molecule has 0 heterocycles. The Morgan fingerprint density at radius 1 is 1.30 bits per heavy atom. The van der Waals surface area contributed by atoms with E-state index >= 15 is 0 Å². The molecule has 100 valence electrons. The number of hydrogen-bond acceptors (Lipinski definition) is 3. The summed E-state index contributed by atoms with van der Waals surface area (Å²) >= 11 is 5.96. The van der Waals surface area contributed by atoms with Crippen molar-refractivity contribution in [3.63, 3.8) is 0 Å². The molecule has 0 saturated heterocycles. The van der Waals surface area contributed by atoms with Crippen LogP contribution >= 0.6 is 11.6 Å². The van der Waals surface area contributed by atoms with Gasteiger partial charge in [-0.1, -0.05) is 23.7 Å². The number of rotatable bonds is 4. The van der Waals surface area contributed by atoms with Gasteiger partial charge in [0.15, 0.2) is 0 Å². The Bertz CT molecular complexity index is 676. The third-order valence-corrected chi connectivity index (χ3v) is 3.23. The zero-order chi connectivity index (χ0) is 14.5. The van der Waals surface area contributed by atoms with E-state index in [9.17, 15) is 10.1 Å². The molecule has 0 aliphatic rings. The second-order valence-electron chi connectivity index (χ2n) is 4.49. The van der Waals surface area contributed by atoms with Crippen LogP contribution in [0.5, 0.6) is 0 Å². The average molecular weight is 285 g/mol. The fraction of sp³-hybridized carbons (Fsp3) is 0.125. The van der Waals surface area contributed by atoms with Crippen molar-refractivity contribution in [3.05, 3.63) is 64.2 Å². The van der Waals surface area contributed by atoms with Crippen LogP contribution in [0.1, 0.15) is 21.5 Å². The average Bonchev–Trinajstić information content (AvgIpc) is 2.46. The van der Waals surface area contributed by atoms with Crippen molar-refractivity contribution in [2.75, 3.05) is 11.9 Å². The van der Waals surface area contributed by atoms with E-state index in [0.717, 1.165) is 17.5 Å². The minimum atomic E-state index is 0.485. The molecule has 0 N–H and O–H groups in total. The molecule has 2 aromatic carbocycles. The van der Waals surface area contributed by atoms with E-state index in [0.29, 0.717) is 22.7 Å². The fourth-order valence-corrected chi connectivity index (χ4v) is 2.26. The summed E-state index contributed by atoms with van der Waals surface area (Å²) < 4.78 is 0. The van der Waals surface area contributed by atoms with E-state index in [-0.39, 0.29) is 0 Å². The van der Waals surface area contributed by atoms with Gasteiger partial charge >= 0.3 is 0 Å². The van der Waals surface area contributed by atoms with Crippen molar-refractivity contribution in [1.29, 1.82) is 5.26 Å². The second-order valence-corrected chi connectivity index (χ2v) is 4.93. The van der Waals surface area contributed by atoms with Crippen LogP contribution < -0.4 is 4.90 Å². The highest BCUT2D eigenvalue weighted by atomic mass is 35.5. The molecular formula is C16H13ClN2O. The Morgan fingerprint density at radius 3 is 2.75 bits per heavy atom. The monoisotopic (exact) mass is 284 g/mol. The van der Waals surface area contributed by atoms with Crippen molar-refractivity contribution < 1.29 is 4.79 Å². The number of nitriles is 1. The first-order chi connectivity index (χ1) is 9.63. The molecule has 3 nitrogen and oxygen atoms in total. The SMILES string of the molecule is CN(Cc1cccc(Cl)c1)c1ccc(C=O)cc1C#N. The topological polar surface area (TPSA) is 44.1 Å². The summed E-state index contributed by atoms with van der Waals surface area (Å²) in [4.78, 5) is 12.7. The van der Waals surface area contributed by atoms with Crippen LogP contribution in [0.15, 0.2) is 42.5 Å². The number of carbonyl (C=O) groups excluding carboxylic acids is 1. The lowest BCUT2D eigenvalue weighted by molar-refractivity contribution is 0.112. The summed E-state index contributed by atoms with van der Waals surface area (Å²) in [6, 6.07) is 14.8. The molecule has 20 heavy (non-hydrogen) atoms. The normalized spacial score (nSPS) is 9.85. The number of halogens is 1. The number of anilines is 1. The van der Waals surface area contributed by atoms with Gasteiger partial charge in [0.1, 0.15) is 12.4 Å².